The standard InChI is InChI=1S/C21H21NO5.C21H23NO5.C20H21NO5.C5H11NO3/c1-2-25-12-19-20(23)27-13-22(19)21(24)26-11-18-16-9-5-3-7-14(16)15-8-4-6-10-17(15)18;1-3-26-13-19(20(23)24)22(2)21(25)27-12-18-16-10-6-4-8-14(16)15-9-5-7-11-17(15)18;1-2-25-12-18(19(22)23)21-20(24)26-11-17-15-9-5-3-7-13(15)14-8-4-6-10-16(14)17;1-2-9-3-4(6)5(7)8/h3-10,18-19H,2,11-13H2,1H3;4-11,18-19H,3,12-13H2,1-2H3,(H,23,24);3-10,17-18H,2,11-12H2,1H3,(H,21,24)(H,22,23);4H,2-3,6H2,1H3,(H,7,8)/t2*19-;18-;4-/m0000/s1. The molecule has 22 nitrogen and oxygen atoms in total. The van der Waals surface area contributed by atoms with E-state index in [4.69, 9.17) is 53.8 Å². The molecule has 4 atom stereocenters. The summed E-state index contributed by atoms with van der Waals surface area (Å²) in [6.45, 7) is 9.27. The van der Waals surface area contributed by atoms with Crippen LogP contribution in [0.15, 0.2) is 146 Å². The Kier molecular flexibility index (Phi) is 25.1. The zero-order chi connectivity index (χ0) is 64.0. The third-order valence-corrected chi connectivity index (χ3v) is 15.1. The van der Waals surface area contributed by atoms with Gasteiger partial charge in [-0.05, 0) is 94.5 Å². The van der Waals surface area contributed by atoms with E-state index < -0.39 is 66.3 Å². The van der Waals surface area contributed by atoms with E-state index in [2.05, 4.69) is 53.8 Å². The van der Waals surface area contributed by atoms with Crippen LogP contribution in [0.5, 0.6) is 0 Å². The van der Waals surface area contributed by atoms with Gasteiger partial charge in [-0.3, -0.25) is 14.6 Å². The molecule has 0 radical (unpaired) electrons. The lowest BCUT2D eigenvalue weighted by molar-refractivity contribution is -0.144. The maximum absolute atomic E-state index is 12.6. The van der Waals surface area contributed by atoms with Crippen molar-refractivity contribution in [3.05, 3.63) is 179 Å². The number of esters is 1. The van der Waals surface area contributed by atoms with E-state index in [9.17, 15) is 38.7 Å². The van der Waals surface area contributed by atoms with Gasteiger partial charge in [0.05, 0.1) is 26.4 Å². The number of ether oxygens (including phenoxy) is 8. The Morgan fingerprint density at radius 3 is 1.27 bits per heavy atom. The number of nitrogens with zero attached hydrogens (tertiary/aromatic N) is 2. The number of carboxylic acids is 3. The highest BCUT2D eigenvalue weighted by Crippen LogP contribution is 2.47. The minimum absolute atomic E-state index is 0.0223. The highest BCUT2D eigenvalue weighted by molar-refractivity contribution is 5.85. The number of benzene rings is 6. The van der Waals surface area contributed by atoms with Crippen LogP contribution in [0, 0.1) is 0 Å². The van der Waals surface area contributed by atoms with Crippen molar-refractivity contribution in [3.63, 3.8) is 0 Å². The molecule has 0 spiro atoms. The number of nitrogens with one attached hydrogen (secondary N) is 1. The summed E-state index contributed by atoms with van der Waals surface area (Å²) in [6.07, 6.45) is -2.00. The predicted molar refractivity (Wildman–Crippen MR) is 327 cm³/mol. The van der Waals surface area contributed by atoms with Crippen LogP contribution in [0.1, 0.15) is 78.8 Å². The number of alkyl carbamates (subject to hydrolysis) is 1. The smallest absolute Gasteiger partial charge is 0.413 e. The number of amides is 3. The molecule has 0 saturated carbocycles. The molecule has 0 unspecified atom stereocenters. The van der Waals surface area contributed by atoms with Crippen LogP contribution >= 0.6 is 0 Å². The molecule has 6 aromatic rings. The molecule has 472 valence electrons. The summed E-state index contributed by atoms with van der Waals surface area (Å²) in [7, 11) is 1.41. The SMILES string of the molecule is CCOC[C@@H](C(=O)O)N(C)C(=O)OCC1c2ccccc2-c2ccccc21.CCOC[C@H](N)C(=O)O.CCOC[C@H](NC(=O)OCC1c2ccccc2-c2ccccc21)C(=O)O.CCOC[C@H]1C(=O)OCN1C(=O)OCC1c2ccccc2-c2ccccc21. The highest BCUT2D eigenvalue weighted by atomic mass is 16.6. The molecular weight excluding hydrogens is 1150 g/mol. The van der Waals surface area contributed by atoms with Gasteiger partial charge in [-0.15, -0.1) is 0 Å². The van der Waals surface area contributed by atoms with E-state index in [0.717, 1.165) is 60.5 Å². The molecule has 6 N–H and O–H groups in total. The monoisotopic (exact) mass is 1220 g/mol. The predicted octanol–water partition coefficient (Wildman–Crippen LogP) is 8.96. The van der Waals surface area contributed by atoms with E-state index >= 15 is 0 Å². The molecule has 22 heteroatoms. The van der Waals surface area contributed by atoms with E-state index in [-0.39, 0.29) is 70.7 Å². The average Bonchev–Trinajstić information content (AvgIpc) is 1.67. The fourth-order valence-electron chi connectivity index (χ4n) is 10.6. The van der Waals surface area contributed by atoms with Crippen molar-refractivity contribution in [1.29, 1.82) is 0 Å². The van der Waals surface area contributed by atoms with Crippen LogP contribution in [-0.2, 0) is 57.1 Å². The molecule has 1 heterocycles. The normalized spacial score (nSPS) is 14.9. The summed E-state index contributed by atoms with van der Waals surface area (Å²) < 4.78 is 41.7. The maximum Gasteiger partial charge on any atom is 0.413 e. The molecule has 1 fully saturated rings. The van der Waals surface area contributed by atoms with Crippen LogP contribution in [0.25, 0.3) is 33.4 Å². The fourth-order valence-corrected chi connectivity index (χ4v) is 10.6. The van der Waals surface area contributed by atoms with Gasteiger partial charge in [0.2, 0.25) is 0 Å². The fraction of sp³-hybridized carbons (Fsp3) is 0.358. The number of carbonyl (C=O) groups excluding carboxylic acids is 4. The molecule has 1 aliphatic heterocycles. The molecule has 89 heavy (non-hydrogen) atoms. The van der Waals surface area contributed by atoms with E-state index in [0.29, 0.717) is 26.4 Å². The van der Waals surface area contributed by atoms with Gasteiger partial charge in [-0.2, -0.15) is 0 Å². The Bertz CT molecular complexity index is 3250. The zero-order valence-electron chi connectivity index (χ0n) is 50.3. The number of carbonyl (C=O) groups is 7. The summed E-state index contributed by atoms with van der Waals surface area (Å²) >= 11 is 0. The highest BCUT2D eigenvalue weighted by Gasteiger charge is 2.40. The molecule has 3 aliphatic carbocycles. The van der Waals surface area contributed by atoms with E-state index in [1.807, 2.05) is 104 Å². The van der Waals surface area contributed by atoms with Gasteiger partial charge in [0.1, 0.15) is 25.9 Å². The van der Waals surface area contributed by atoms with Crippen LogP contribution in [0.4, 0.5) is 14.4 Å². The van der Waals surface area contributed by atoms with Crippen molar-refractivity contribution < 1.29 is 86.8 Å². The van der Waals surface area contributed by atoms with E-state index in [1.165, 1.54) is 23.1 Å². The number of likely N-dealkylation sites (N-methyl/N-ethyl adjacent to an activating group) is 1. The molecule has 1 saturated heterocycles. The first-order valence-corrected chi connectivity index (χ1v) is 29.3. The summed E-state index contributed by atoms with van der Waals surface area (Å²) in [4.78, 5) is 83.8. The Balaban J connectivity index is 0.000000178. The summed E-state index contributed by atoms with van der Waals surface area (Å²) in [5.41, 5.74) is 18.7. The molecule has 0 aromatic heterocycles. The van der Waals surface area contributed by atoms with Crippen molar-refractivity contribution in [2.45, 2.75) is 69.6 Å². The summed E-state index contributed by atoms with van der Waals surface area (Å²) in [5, 5.41) is 29.0. The van der Waals surface area contributed by atoms with Gasteiger partial charge in [0, 0.05) is 51.2 Å². The van der Waals surface area contributed by atoms with Gasteiger partial charge in [-0.1, -0.05) is 146 Å². The number of carboxylic acid groups (broad SMARTS) is 3. The second-order valence-corrected chi connectivity index (χ2v) is 20.6. The van der Waals surface area contributed by atoms with Crippen molar-refractivity contribution in [1.82, 2.24) is 15.1 Å². The zero-order valence-corrected chi connectivity index (χ0v) is 50.3. The summed E-state index contributed by atoms with van der Waals surface area (Å²) in [6, 6.07) is 44.6. The minimum atomic E-state index is -1.16. The number of cyclic esters (lactones) is 1. The second-order valence-electron chi connectivity index (χ2n) is 20.6. The molecule has 6 aromatic carbocycles. The number of fused-ring (bicyclic) bond motifs is 9. The Hall–Kier alpha value is -9.19. The van der Waals surface area contributed by atoms with Crippen LogP contribution in [0.2, 0.25) is 0 Å². The summed E-state index contributed by atoms with van der Waals surface area (Å²) in [5.74, 6) is -3.93. The first-order valence-electron chi connectivity index (χ1n) is 29.3. The van der Waals surface area contributed by atoms with Crippen molar-refractivity contribution in [2.75, 3.05) is 86.5 Å². The Labute approximate surface area is 516 Å². The number of nitrogens with two attached hydrogens (primary N) is 1. The largest absolute Gasteiger partial charge is 0.480 e. The second kappa shape index (κ2) is 33.2. The van der Waals surface area contributed by atoms with Crippen LogP contribution < -0.4 is 11.1 Å². The first-order chi connectivity index (χ1) is 43.0. The lowest BCUT2D eigenvalue weighted by Crippen LogP contribution is -2.45. The molecule has 3 amide bonds. The van der Waals surface area contributed by atoms with Crippen LogP contribution in [0.3, 0.4) is 0 Å². The van der Waals surface area contributed by atoms with Gasteiger partial charge in [0.25, 0.3) is 0 Å². The van der Waals surface area contributed by atoms with Crippen molar-refractivity contribution in [3.8, 4) is 33.4 Å². The number of hydrogen-bond acceptors (Lipinski definition) is 16. The van der Waals surface area contributed by atoms with Crippen molar-refractivity contribution in [2.24, 2.45) is 5.73 Å². The van der Waals surface area contributed by atoms with Gasteiger partial charge in [-0.25, -0.2) is 28.8 Å². The minimum Gasteiger partial charge on any atom is -0.480 e. The Morgan fingerprint density at radius 2 is 0.888 bits per heavy atom. The molecular formula is C67H76N4O18. The number of hydrogen-bond donors (Lipinski definition) is 5. The average molecular weight is 1230 g/mol. The van der Waals surface area contributed by atoms with E-state index in [1.54, 1.807) is 20.8 Å². The lowest BCUT2D eigenvalue weighted by Gasteiger charge is -2.25. The van der Waals surface area contributed by atoms with Gasteiger partial charge >= 0.3 is 42.2 Å². The topological polar surface area (TPSA) is 299 Å². The Morgan fingerprint density at radius 1 is 0.517 bits per heavy atom. The first kappa shape index (κ1) is 67.3. The molecule has 4 aliphatic rings. The third kappa shape index (κ3) is 17.1. The van der Waals surface area contributed by atoms with Crippen LogP contribution in [-0.4, -0.2) is 178 Å². The van der Waals surface area contributed by atoms with Crippen molar-refractivity contribution >= 4 is 42.2 Å². The number of aliphatic carboxylic acids is 3. The molecule has 0 bridgehead atoms. The van der Waals surface area contributed by atoms with Gasteiger partial charge < -0.3 is 64.3 Å². The number of rotatable bonds is 23. The molecule has 10 rings (SSSR count). The lowest BCUT2D eigenvalue weighted by atomic mass is 9.98. The maximum atomic E-state index is 12.6. The third-order valence-electron chi connectivity index (χ3n) is 15.1. The van der Waals surface area contributed by atoms with Gasteiger partial charge in [0.15, 0.2) is 24.9 Å². The quantitative estimate of drug-likeness (QED) is 0.0295.